The van der Waals surface area contributed by atoms with Crippen LogP contribution in [0.2, 0.25) is 0 Å². The molecule has 4 aromatic carbocycles. The molecule has 0 aliphatic carbocycles. The van der Waals surface area contributed by atoms with Gasteiger partial charge in [0.1, 0.15) is 0 Å². The Bertz CT molecular complexity index is 1810. The maximum atomic E-state index is 13.7. The number of alkyl halides is 3. The molecule has 2 fully saturated rings. The molecule has 8 nitrogen and oxygen atoms in total. The lowest BCUT2D eigenvalue weighted by molar-refractivity contribution is -0.138. The number of rotatable bonds is 8. The molecule has 3 heterocycles. The van der Waals surface area contributed by atoms with Crippen LogP contribution in [-0.2, 0) is 23.9 Å². The van der Waals surface area contributed by atoms with E-state index in [0.29, 0.717) is 17.6 Å². The van der Waals surface area contributed by atoms with Gasteiger partial charge in [0.15, 0.2) is 5.82 Å². The van der Waals surface area contributed by atoms with E-state index in [1.165, 1.54) is 23.8 Å². The Balaban J connectivity index is 1.20. The summed E-state index contributed by atoms with van der Waals surface area (Å²) in [5, 5.41) is 17.3. The summed E-state index contributed by atoms with van der Waals surface area (Å²) in [4.78, 5) is 18.2. The van der Waals surface area contributed by atoms with Crippen molar-refractivity contribution < 1.29 is 18.0 Å². The lowest BCUT2D eigenvalue weighted by Crippen LogP contribution is -2.46. The number of aromatic nitrogens is 4. The fourth-order valence-corrected chi connectivity index (χ4v) is 6.64. The van der Waals surface area contributed by atoms with E-state index in [9.17, 15) is 18.0 Å². The van der Waals surface area contributed by atoms with Crippen molar-refractivity contribution in [3.05, 3.63) is 114 Å². The van der Waals surface area contributed by atoms with Crippen LogP contribution >= 0.6 is 0 Å². The predicted molar refractivity (Wildman–Crippen MR) is 165 cm³/mol. The van der Waals surface area contributed by atoms with Gasteiger partial charge in [0.2, 0.25) is 5.91 Å². The SMILES string of the molecule is O=C(Cc1ccccc1C(F)(F)F)Nc1cc(-c2ccccc2-c2nnn[nH]2)ccc1N1CC2CC1CN2Cc1ccccc1. The average molecular weight is 610 g/mol. The number of nitrogens with one attached hydrogen (secondary N) is 2. The lowest BCUT2D eigenvalue weighted by atomic mass is 9.97. The van der Waals surface area contributed by atoms with Gasteiger partial charge in [0.25, 0.3) is 0 Å². The number of tetrazole rings is 1. The van der Waals surface area contributed by atoms with Crippen LogP contribution in [-0.4, -0.2) is 56.6 Å². The van der Waals surface area contributed by atoms with E-state index in [0.717, 1.165) is 54.5 Å². The van der Waals surface area contributed by atoms with Gasteiger partial charge in [-0.25, -0.2) is 5.10 Å². The largest absolute Gasteiger partial charge is 0.416 e. The predicted octanol–water partition coefficient (Wildman–Crippen LogP) is 6.20. The van der Waals surface area contributed by atoms with E-state index in [2.05, 4.69) is 60.0 Å². The first-order chi connectivity index (χ1) is 21.8. The number of carbonyl (C=O) groups excluding carboxylic acids is 1. The summed E-state index contributed by atoms with van der Waals surface area (Å²) in [6, 6.07) is 29.7. The number of anilines is 2. The summed E-state index contributed by atoms with van der Waals surface area (Å²) < 4.78 is 41.1. The normalized spacial score (nSPS) is 18.0. The number of fused-ring (bicyclic) bond motifs is 2. The molecule has 0 radical (unpaired) electrons. The zero-order valence-electron chi connectivity index (χ0n) is 24.2. The van der Waals surface area contributed by atoms with Crippen molar-refractivity contribution in [1.82, 2.24) is 25.5 Å². The third-order valence-electron chi connectivity index (χ3n) is 8.67. The molecule has 2 saturated heterocycles. The molecule has 2 bridgehead atoms. The molecule has 1 aromatic heterocycles. The van der Waals surface area contributed by atoms with Crippen molar-refractivity contribution in [2.75, 3.05) is 23.3 Å². The van der Waals surface area contributed by atoms with E-state index >= 15 is 0 Å². The van der Waals surface area contributed by atoms with Crippen LogP contribution in [0, 0.1) is 0 Å². The number of amides is 1. The van der Waals surface area contributed by atoms with Crippen molar-refractivity contribution in [1.29, 1.82) is 0 Å². The Hall–Kier alpha value is -5.03. The highest BCUT2D eigenvalue weighted by atomic mass is 19.4. The molecule has 2 unspecified atom stereocenters. The molecule has 0 saturated carbocycles. The minimum absolute atomic E-state index is 0.0693. The Morgan fingerprint density at radius 2 is 1.64 bits per heavy atom. The molecular weight excluding hydrogens is 579 g/mol. The lowest BCUT2D eigenvalue weighted by Gasteiger charge is -2.36. The van der Waals surface area contributed by atoms with E-state index in [1.807, 2.05) is 48.5 Å². The minimum atomic E-state index is -4.55. The quantitative estimate of drug-likeness (QED) is 0.218. The summed E-state index contributed by atoms with van der Waals surface area (Å²) in [6.07, 6.45) is -3.96. The van der Waals surface area contributed by atoms with E-state index in [-0.39, 0.29) is 11.6 Å². The zero-order valence-corrected chi connectivity index (χ0v) is 24.2. The van der Waals surface area contributed by atoms with Crippen LogP contribution < -0.4 is 10.2 Å². The fourth-order valence-electron chi connectivity index (χ4n) is 6.64. The second-order valence-corrected chi connectivity index (χ2v) is 11.5. The summed E-state index contributed by atoms with van der Waals surface area (Å²) >= 11 is 0. The zero-order chi connectivity index (χ0) is 31.0. The third kappa shape index (κ3) is 5.91. The maximum Gasteiger partial charge on any atom is 0.416 e. The number of H-pyrrole nitrogens is 1. The van der Waals surface area contributed by atoms with Gasteiger partial charge in [-0.05, 0) is 57.3 Å². The molecule has 228 valence electrons. The highest BCUT2D eigenvalue weighted by molar-refractivity contribution is 5.97. The van der Waals surface area contributed by atoms with Gasteiger partial charge < -0.3 is 10.2 Å². The van der Waals surface area contributed by atoms with E-state index in [1.54, 1.807) is 0 Å². The second kappa shape index (κ2) is 11.8. The Labute approximate surface area is 257 Å². The summed E-state index contributed by atoms with van der Waals surface area (Å²) in [7, 11) is 0. The van der Waals surface area contributed by atoms with Crippen LogP contribution in [0.25, 0.3) is 22.5 Å². The highest BCUT2D eigenvalue weighted by Crippen LogP contribution is 2.41. The van der Waals surface area contributed by atoms with Crippen LogP contribution in [0.15, 0.2) is 97.1 Å². The molecule has 2 aliphatic rings. The summed E-state index contributed by atoms with van der Waals surface area (Å²) in [5.74, 6) is -0.0211. The number of hydrogen-bond acceptors (Lipinski definition) is 6. The summed E-state index contributed by atoms with van der Waals surface area (Å²) in [5.41, 5.74) is 4.23. The number of aromatic amines is 1. The van der Waals surface area contributed by atoms with Crippen molar-refractivity contribution >= 4 is 17.3 Å². The smallest absolute Gasteiger partial charge is 0.364 e. The first-order valence-electron chi connectivity index (χ1n) is 14.8. The Morgan fingerprint density at radius 1 is 0.889 bits per heavy atom. The summed E-state index contributed by atoms with van der Waals surface area (Å²) in [6.45, 7) is 2.55. The van der Waals surface area contributed by atoms with Gasteiger partial charge in [-0.2, -0.15) is 13.2 Å². The first kappa shape index (κ1) is 28.7. The number of nitrogens with zero attached hydrogens (tertiary/aromatic N) is 5. The molecule has 2 N–H and O–H groups in total. The van der Waals surface area contributed by atoms with Crippen LogP contribution in [0.5, 0.6) is 0 Å². The van der Waals surface area contributed by atoms with Crippen molar-refractivity contribution in [2.24, 2.45) is 0 Å². The highest BCUT2D eigenvalue weighted by Gasteiger charge is 2.43. The van der Waals surface area contributed by atoms with E-state index in [4.69, 9.17) is 0 Å². The third-order valence-corrected chi connectivity index (χ3v) is 8.67. The molecular formula is C34H30F3N7O. The molecule has 5 aromatic rings. The van der Waals surface area contributed by atoms with Crippen LogP contribution in [0.1, 0.15) is 23.1 Å². The van der Waals surface area contributed by atoms with Gasteiger partial charge in [-0.1, -0.05) is 78.9 Å². The van der Waals surface area contributed by atoms with E-state index < -0.39 is 24.1 Å². The van der Waals surface area contributed by atoms with Crippen LogP contribution in [0.3, 0.4) is 0 Å². The fraction of sp³-hybridized carbons (Fsp3) is 0.235. The van der Waals surface area contributed by atoms with Gasteiger partial charge in [0, 0.05) is 37.3 Å². The van der Waals surface area contributed by atoms with Crippen molar-refractivity contribution in [3.8, 4) is 22.5 Å². The minimum Gasteiger partial charge on any atom is -0.364 e. The molecule has 7 rings (SSSR count). The van der Waals surface area contributed by atoms with Crippen molar-refractivity contribution in [3.63, 3.8) is 0 Å². The molecule has 0 spiro atoms. The number of piperazine rings is 1. The molecule has 45 heavy (non-hydrogen) atoms. The Kier molecular flexibility index (Phi) is 7.54. The molecule has 11 heteroatoms. The van der Waals surface area contributed by atoms with Gasteiger partial charge in [0.05, 0.1) is 23.4 Å². The van der Waals surface area contributed by atoms with Gasteiger partial charge in [-0.15, -0.1) is 5.10 Å². The molecule has 2 aliphatic heterocycles. The average Bonchev–Trinajstić information content (AvgIpc) is 3.80. The topological polar surface area (TPSA) is 90.0 Å². The Morgan fingerprint density at radius 3 is 2.38 bits per heavy atom. The number of halogens is 3. The van der Waals surface area contributed by atoms with Gasteiger partial charge >= 0.3 is 6.18 Å². The number of hydrogen-bond donors (Lipinski definition) is 2. The number of carbonyl (C=O) groups is 1. The monoisotopic (exact) mass is 609 g/mol. The standard InChI is InChI=1S/C34H30F3N7O/c35-34(36,37)29-13-7-4-10-24(29)17-32(45)38-30-16-23(27-11-5-6-12-28(27)33-39-41-42-40-33)14-15-31(30)44-21-25-18-26(44)20-43(25)19-22-8-2-1-3-9-22/h1-16,25-26H,17-21H2,(H,38,45)(H,39,40,41,42). The molecule has 1 amide bonds. The van der Waals surface area contributed by atoms with Gasteiger partial charge in [-0.3, -0.25) is 9.69 Å². The van der Waals surface area contributed by atoms with Crippen molar-refractivity contribution in [2.45, 2.75) is 37.6 Å². The number of benzene rings is 4. The molecule has 2 atom stereocenters. The maximum absolute atomic E-state index is 13.7. The number of likely N-dealkylation sites (tertiary alicyclic amines) is 1. The second-order valence-electron chi connectivity index (χ2n) is 11.5. The van der Waals surface area contributed by atoms with Crippen LogP contribution in [0.4, 0.5) is 24.5 Å². The first-order valence-corrected chi connectivity index (χ1v) is 14.8.